The molecule has 0 atom stereocenters. The maximum atomic E-state index is 8.77. The maximum absolute atomic E-state index is 8.77. The number of anilines is 1. The number of aliphatic hydroxyl groups excluding tert-OH is 1. The molecule has 0 aliphatic heterocycles. The van der Waals surface area contributed by atoms with Crippen LogP contribution >= 0.6 is 15.9 Å². The van der Waals surface area contributed by atoms with Gasteiger partial charge in [-0.05, 0) is 30.7 Å². The van der Waals surface area contributed by atoms with Crippen molar-refractivity contribution >= 4 is 21.6 Å². The van der Waals surface area contributed by atoms with Crippen LogP contribution in [0.1, 0.15) is 5.56 Å². The van der Waals surface area contributed by atoms with Crippen LogP contribution in [0.3, 0.4) is 0 Å². The van der Waals surface area contributed by atoms with Crippen molar-refractivity contribution in [1.29, 1.82) is 0 Å². The minimum absolute atomic E-state index is 0.186. The molecule has 0 saturated carbocycles. The third kappa shape index (κ3) is 2.71. The van der Waals surface area contributed by atoms with E-state index in [1.807, 2.05) is 24.1 Å². The van der Waals surface area contributed by atoms with Crippen molar-refractivity contribution in [2.24, 2.45) is 0 Å². The molecule has 2 nitrogen and oxygen atoms in total. The van der Waals surface area contributed by atoms with Crippen LogP contribution in [0.25, 0.3) is 0 Å². The highest BCUT2D eigenvalue weighted by molar-refractivity contribution is 9.10. The van der Waals surface area contributed by atoms with Crippen molar-refractivity contribution in [3.05, 3.63) is 28.2 Å². The van der Waals surface area contributed by atoms with Crippen molar-refractivity contribution in [3.63, 3.8) is 0 Å². The Kier molecular flexibility index (Phi) is 3.75. The summed E-state index contributed by atoms with van der Waals surface area (Å²) in [5, 5.41) is 8.77. The topological polar surface area (TPSA) is 23.5 Å². The predicted octanol–water partition coefficient (Wildman–Crippen LogP) is 2.19. The summed E-state index contributed by atoms with van der Waals surface area (Å²) in [7, 11) is 1.97. The molecule has 0 aliphatic carbocycles. The Morgan fingerprint density at radius 2 is 2.15 bits per heavy atom. The molecule has 1 aromatic rings. The third-order valence-corrected chi connectivity index (χ3v) is 2.91. The van der Waals surface area contributed by atoms with E-state index in [1.54, 1.807) is 0 Å². The maximum Gasteiger partial charge on any atom is 0.0606 e. The Morgan fingerprint density at radius 3 is 2.69 bits per heavy atom. The van der Waals surface area contributed by atoms with E-state index in [1.165, 1.54) is 5.56 Å². The van der Waals surface area contributed by atoms with Crippen LogP contribution in [0.4, 0.5) is 5.69 Å². The Bertz CT molecular complexity index is 288. The molecule has 3 heteroatoms. The molecular weight excluding hydrogens is 230 g/mol. The SMILES string of the molecule is Cc1cc(N(C)CCO)ccc1Br. The van der Waals surface area contributed by atoms with Gasteiger partial charge in [0.05, 0.1) is 6.61 Å². The van der Waals surface area contributed by atoms with E-state index < -0.39 is 0 Å². The number of aliphatic hydroxyl groups is 1. The van der Waals surface area contributed by atoms with Gasteiger partial charge in [0.15, 0.2) is 0 Å². The van der Waals surface area contributed by atoms with Gasteiger partial charge in [0.25, 0.3) is 0 Å². The lowest BCUT2D eigenvalue weighted by molar-refractivity contribution is 0.304. The van der Waals surface area contributed by atoms with E-state index in [4.69, 9.17) is 5.11 Å². The number of halogens is 1. The second-order valence-electron chi connectivity index (χ2n) is 3.08. The minimum Gasteiger partial charge on any atom is -0.395 e. The van der Waals surface area contributed by atoms with Crippen LogP contribution in [0.5, 0.6) is 0 Å². The van der Waals surface area contributed by atoms with Gasteiger partial charge in [-0.1, -0.05) is 15.9 Å². The first kappa shape index (κ1) is 10.5. The largest absolute Gasteiger partial charge is 0.395 e. The molecule has 72 valence electrons. The average molecular weight is 244 g/mol. The van der Waals surface area contributed by atoms with Gasteiger partial charge in [-0.15, -0.1) is 0 Å². The molecule has 0 aliphatic rings. The van der Waals surface area contributed by atoms with Gasteiger partial charge >= 0.3 is 0 Å². The molecule has 1 rings (SSSR count). The van der Waals surface area contributed by atoms with Gasteiger partial charge in [-0.3, -0.25) is 0 Å². The van der Waals surface area contributed by atoms with Crippen molar-refractivity contribution in [2.45, 2.75) is 6.92 Å². The van der Waals surface area contributed by atoms with Gasteiger partial charge in [0, 0.05) is 23.8 Å². The standard InChI is InChI=1S/C10H14BrNO/c1-8-7-9(3-4-10(8)11)12(2)5-6-13/h3-4,7,13H,5-6H2,1-2H3. The molecule has 0 bridgehead atoms. The van der Waals surface area contributed by atoms with Crippen LogP contribution in [-0.4, -0.2) is 25.3 Å². The first-order valence-electron chi connectivity index (χ1n) is 4.23. The molecule has 0 unspecified atom stereocenters. The molecule has 0 amide bonds. The van der Waals surface area contributed by atoms with Crippen LogP contribution in [-0.2, 0) is 0 Å². The van der Waals surface area contributed by atoms with Crippen LogP contribution < -0.4 is 4.90 Å². The molecule has 0 aromatic heterocycles. The smallest absolute Gasteiger partial charge is 0.0606 e. The van der Waals surface area contributed by atoms with E-state index in [9.17, 15) is 0 Å². The number of hydrogen-bond donors (Lipinski definition) is 1. The molecular formula is C10H14BrNO. The lowest BCUT2D eigenvalue weighted by Gasteiger charge is -2.18. The van der Waals surface area contributed by atoms with Gasteiger partial charge in [0.1, 0.15) is 0 Å². The fourth-order valence-corrected chi connectivity index (χ4v) is 1.39. The summed E-state index contributed by atoms with van der Waals surface area (Å²) >= 11 is 3.45. The zero-order valence-electron chi connectivity index (χ0n) is 7.92. The molecule has 1 aromatic carbocycles. The summed E-state index contributed by atoms with van der Waals surface area (Å²) in [4.78, 5) is 2.03. The molecule has 1 N–H and O–H groups in total. The second kappa shape index (κ2) is 4.63. The molecule has 13 heavy (non-hydrogen) atoms. The van der Waals surface area contributed by atoms with Crippen molar-refractivity contribution in [1.82, 2.24) is 0 Å². The van der Waals surface area contributed by atoms with Crippen molar-refractivity contribution < 1.29 is 5.11 Å². The quantitative estimate of drug-likeness (QED) is 0.880. The number of rotatable bonds is 3. The summed E-state index contributed by atoms with van der Waals surface area (Å²) < 4.78 is 1.12. The van der Waals surface area contributed by atoms with Crippen molar-refractivity contribution in [3.8, 4) is 0 Å². The lowest BCUT2D eigenvalue weighted by atomic mass is 10.2. The lowest BCUT2D eigenvalue weighted by Crippen LogP contribution is -2.21. The fraction of sp³-hybridized carbons (Fsp3) is 0.400. The van der Waals surface area contributed by atoms with Crippen LogP contribution in [0.2, 0.25) is 0 Å². The van der Waals surface area contributed by atoms with E-state index in [2.05, 4.69) is 28.9 Å². The third-order valence-electron chi connectivity index (χ3n) is 2.02. The van der Waals surface area contributed by atoms with E-state index >= 15 is 0 Å². The first-order valence-corrected chi connectivity index (χ1v) is 5.02. The molecule has 0 heterocycles. The highest BCUT2D eigenvalue weighted by Gasteiger charge is 2.01. The number of likely N-dealkylation sites (N-methyl/N-ethyl adjacent to an activating group) is 1. The predicted molar refractivity (Wildman–Crippen MR) is 59.2 cm³/mol. The fourth-order valence-electron chi connectivity index (χ4n) is 1.15. The van der Waals surface area contributed by atoms with Gasteiger partial charge in [-0.2, -0.15) is 0 Å². The minimum atomic E-state index is 0.186. The zero-order valence-corrected chi connectivity index (χ0v) is 9.50. The number of hydrogen-bond acceptors (Lipinski definition) is 2. The van der Waals surface area contributed by atoms with E-state index in [0.717, 1.165) is 10.2 Å². The summed E-state index contributed by atoms with van der Waals surface area (Å²) in [6, 6.07) is 6.16. The highest BCUT2D eigenvalue weighted by atomic mass is 79.9. The summed E-state index contributed by atoms with van der Waals surface area (Å²) in [6.07, 6.45) is 0. The molecule has 0 fully saturated rings. The van der Waals surface area contributed by atoms with E-state index in [0.29, 0.717) is 6.54 Å². The summed E-state index contributed by atoms with van der Waals surface area (Å²) in [6.45, 7) is 2.91. The van der Waals surface area contributed by atoms with E-state index in [-0.39, 0.29) is 6.61 Å². The zero-order chi connectivity index (χ0) is 9.84. The average Bonchev–Trinajstić information content (AvgIpc) is 2.10. The van der Waals surface area contributed by atoms with Crippen molar-refractivity contribution in [2.75, 3.05) is 25.1 Å². The Hall–Kier alpha value is -0.540. The molecule has 0 spiro atoms. The number of benzene rings is 1. The normalized spacial score (nSPS) is 10.2. The summed E-state index contributed by atoms with van der Waals surface area (Å²) in [5.74, 6) is 0. The Labute approximate surface area is 87.3 Å². The monoisotopic (exact) mass is 243 g/mol. The van der Waals surface area contributed by atoms with Gasteiger partial charge < -0.3 is 10.0 Å². The van der Waals surface area contributed by atoms with Gasteiger partial charge in [-0.25, -0.2) is 0 Å². The Balaban J connectivity index is 2.84. The van der Waals surface area contributed by atoms with Crippen LogP contribution in [0.15, 0.2) is 22.7 Å². The summed E-state index contributed by atoms with van der Waals surface area (Å²) in [5.41, 5.74) is 2.34. The highest BCUT2D eigenvalue weighted by Crippen LogP contribution is 2.21. The second-order valence-corrected chi connectivity index (χ2v) is 3.93. The number of aryl methyl sites for hydroxylation is 1. The molecule has 0 saturated heterocycles. The first-order chi connectivity index (χ1) is 6.15. The van der Waals surface area contributed by atoms with Gasteiger partial charge in [0.2, 0.25) is 0 Å². The Morgan fingerprint density at radius 1 is 1.46 bits per heavy atom. The number of nitrogens with zero attached hydrogens (tertiary/aromatic N) is 1. The van der Waals surface area contributed by atoms with Crippen LogP contribution in [0, 0.1) is 6.92 Å². The molecule has 0 radical (unpaired) electrons.